The molecule has 0 bridgehead atoms. The van der Waals surface area contributed by atoms with Crippen LogP contribution in [0, 0.1) is 0 Å². The molecule has 1 aliphatic rings. The first-order valence-electron chi connectivity index (χ1n) is 8.87. The third kappa shape index (κ3) is 2.47. The molecule has 0 radical (unpaired) electrons. The van der Waals surface area contributed by atoms with Crippen molar-refractivity contribution in [3.05, 3.63) is 108 Å². The Morgan fingerprint density at radius 1 is 0.808 bits per heavy atom. The Morgan fingerprint density at radius 2 is 1.54 bits per heavy atom. The van der Waals surface area contributed by atoms with Crippen molar-refractivity contribution in [2.24, 2.45) is 0 Å². The van der Waals surface area contributed by atoms with Crippen molar-refractivity contribution in [2.75, 3.05) is 0 Å². The second kappa shape index (κ2) is 6.16. The van der Waals surface area contributed by atoms with Crippen molar-refractivity contribution in [1.29, 1.82) is 0 Å². The molecule has 0 atom stereocenters. The lowest BCUT2D eigenvalue weighted by molar-refractivity contribution is 0.979. The predicted octanol–water partition coefficient (Wildman–Crippen LogP) is 5.63. The molecule has 0 fully saturated rings. The molecule has 4 aromatic rings. The number of benzene rings is 2. The predicted molar refractivity (Wildman–Crippen MR) is 108 cm³/mol. The van der Waals surface area contributed by atoms with Crippen molar-refractivity contribution >= 4 is 17.7 Å². The maximum atomic E-state index is 4.75. The zero-order valence-electron chi connectivity index (χ0n) is 14.3. The molecule has 2 aromatic heterocycles. The van der Waals surface area contributed by atoms with Crippen LogP contribution in [0.15, 0.2) is 85.2 Å². The van der Waals surface area contributed by atoms with Crippen molar-refractivity contribution in [1.82, 2.24) is 9.38 Å². The van der Waals surface area contributed by atoms with Gasteiger partial charge in [0.05, 0.1) is 11.2 Å². The normalized spacial score (nSPS) is 12.5. The summed E-state index contributed by atoms with van der Waals surface area (Å²) in [5, 5.41) is 0. The minimum atomic E-state index is 0.862. The highest BCUT2D eigenvalue weighted by molar-refractivity contribution is 5.91. The highest BCUT2D eigenvalue weighted by Gasteiger charge is 2.17. The fourth-order valence-corrected chi connectivity index (χ4v) is 3.65. The highest BCUT2D eigenvalue weighted by Crippen LogP contribution is 2.34. The molecular weight excluding hydrogens is 316 g/mol. The number of allylic oxidation sites excluding steroid dienone is 2. The average molecular weight is 334 g/mol. The van der Waals surface area contributed by atoms with Crippen LogP contribution in [0.4, 0.5) is 0 Å². The lowest BCUT2D eigenvalue weighted by atomic mass is 10.0. The van der Waals surface area contributed by atoms with Crippen molar-refractivity contribution in [2.45, 2.75) is 6.42 Å². The van der Waals surface area contributed by atoms with Gasteiger partial charge in [-0.15, -0.1) is 0 Å². The SMILES string of the molecule is C1=Cc2ncc(Cc3ccccc3)n3cc(-c4ccccc4)c(c23)C=C1. The first-order valence-corrected chi connectivity index (χ1v) is 8.87. The quantitative estimate of drug-likeness (QED) is 0.474. The molecule has 2 aromatic carbocycles. The van der Waals surface area contributed by atoms with Gasteiger partial charge in [-0.25, -0.2) is 0 Å². The van der Waals surface area contributed by atoms with Gasteiger partial charge < -0.3 is 4.40 Å². The Balaban J connectivity index is 1.76. The summed E-state index contributed by atoms with van der Waals surface area (Å²) < 4.78 is 2.31. The monoisotopic (exact) mass is 334 g/mol. The van der Waals surface area contributed by atoms with Crippen LogP contribution in [-0.4, -0.2) is 9.38 Å². The van der Waals surface area contributed by atoms with E-state index < -0.39 is 0 Å². The third-order valence-corrected chi connectivity index (χ3v) is 4.89. The Hall–Kier alpha value is -3.39. The summed E-state index contributed by atoms with van der Waals surface area (Å²) in [4.78, 5) is 4.75. The van der Waals surface area contributed by atoms with Gasteiger partial charge >= 0.3 is 0 Å². The molecule has 124 valence electrons. The van der Waals surface area contributed by atoms with E-state index in [1.807, 2.05) is 6.20 Å². The van der Waals surface area contributed by atoms with Gasteiger partial charge in [-0.1, -0.05) is 78.9 Å². The average Bonchev–Trinajstić information content (AvgIpc) is 2.95. The van der Waals surface area contributed by atoms with Crippen LogP contribution in [0.3, 0.4) is 0 Å². The van der Waals surface area contributed by atoms with E-state index in [9.17, 15) is 0 Å². The molecule has 26 heavy (non-hydrogen) atoms. The van der Waals surface area contributed by atoms with E-state index >= 15 is 0 Å². The molecule has 0 N–H and O–H groups in total. The molecule has 0 unspecified atom stereocenters. The van der Waals surface area contributed by atoms with Crippen molar-refractivity contribution < 1.29 is 0 Å². The van der Waals surface area contributed by atoms with Crippen LogP contribution < -0.4 is 0 Å². The number of hydrogen-bond acceptors (Lipinski definition) is 1. The molecular formula is C24H18N2. The van der Waals surface area contributed by atoms with Crippen molar-refractivity contribution in [3.63, 3.8) is 0 Å². The van der Waals surface area contributed by atoms with E-state index in [1.54, 1.807) is 0 Å². The third-order valence-electron chi connectivity index (χ3n) is 4.89. The lowest BCUT2D eigenvalue weighted by Gasteiger charge is -2.08. The van der Waals surface area contributed by atoms with Gasteiger partial charge in [-0.05, 0) is 17.2 Å². The maximum Gasteiger partial charge on any atom is 0.0877 e. The molecule has 2 heterocycles. The minimum absolute atomic E-state index is 0.862. The number of aromatic nitrogens is 2. The molecule has 5 rings (SSSR count). The summed E-state index contributed by atoms with van der Waals surface area (Å²) in [6, 6.07) is 21.1. The van der Waals surface area contributed by atoms with Gasteiger partial charge in [0.25, 0.3) is 0 Å². The second-order valence-corrected chi connectivity index (χ2v) is 6.56. The van der Waals surface area contributed by atoms with Crippen LogP contribution in [0.2, 0.25) is 0 Å². The van der Waals surface area contributed by atoms with Crippen molar-refractivity contribution in [3.8, 4) is 11.1 Å². The highest BCUT2D eigenvalue weighted by atomic mass is 14.9. The molecule has 0 spiro atoms. The molecule has 2 nitrogen and oxygen atoms in total. The smallest absolute Gasteiger partial charge is 0.0877 e. The maximum absolute atomic E-state index is 4.75. The Kier molecular flexibility index (Phi) is 3.53. The van der Waals surface area contributed by atoms with E-state index in [1.165, 1.54) is 33.5 Å². The van der Waals surface area contributed by atoms with Gasteiger partial charge in [0, 0.05) is 35.6 Å². The standard InChI is InChI=1S/C24H18N2/c1-3-9-18(10-4-1)15-20-16-25-23-14-8-7-13-21-22(17-26(20)24(21)23)19-11-5-2-6-12-19/h1-14,16-17H,15H2. The Morgan fingerprint density at radius 3 is 2.35 bits per heavy atom. The van der Waals surface area contributed by atoms with E-state index in [-0.39, 0.29) is 0 Å². The van der Waals surface area contributed by atoms with Gasteiger partial charge in [0.1, 0.15) is 0 Å². The van der Waals surface area contributed by atoms with E-state index in [2.05, 4.69) is 95.6 Å². The van der Waals surface area contributed by atoms with E-state index in [4.69, 9.17) is 4.98 Å². The van der Waals surface area contributed by atoms with E-state index in [0.29, 0.717) is 0 Å². The van der Waals surface area contributed by atoms with Crippen LogP contribution in [0.5, 0.6) is 0 Å². The largest absolute Gasteiger partial charge is 0.316 e. The minimum Gasteiger partial charge on any atom is -0.316 e. The van der Waals surface area contributed by atoms with Gasteiger partial charge in [-0.2, -0.15) is 0 Å². The number of hydrogen-bond donors (Lipinski definition) is 0. The Labute approximate surface area is 152 Å². The molecule has 0 aliphatic heterocycles. The van der Waals surface area contributed by atoms with Gasteiger partial charge in [-0.3, -0.25) is 4.98 Å². The summed E-state index contributed by atoms with van der Waals surface area (Å²) in [6.07, 6.45) is 13.6. The first-order chi connectivity index (χ1) is 12.9. The Bertz CT molecular complexity index is 1130. The molecule has 1 aliphatic carbocycles. The van der Waals surface area contributed by atoms with Gasteiger partial charge in [0.2, 0.25) is 0 Å². The first kappa shape index (κ1) is 14.9. The summed E-state index contributed by atoms with van der Waals surface area (Å²) in [5.41, 5.74) is 8.40. The molecule has 2 heteroatoms. The van der Waals surface area contributed by atoms with Gasteiger partial charge in [0.15, 0.2) is 0 Å². The van der Waals surface area contributed by atoms with Crippen LogP contribution in [0.1, 0.15) is 22.5 Å². The summed E-state index contributed by atoms with van der Waals surface area (Å²) >= 11 is 0. The zero-order valence-corrected chi connectivity index (χ0v) is 14.3. The molecule has 0 amide bonds. The summed E-state index contributed by atoms with van der Waals surface area (Å²) in [7, 11) is 0. The number of rotatable bonds is 3. The summed E-state index contributed by atoms with van der Waals surface area (Å²) in [6.45, 7) is 0. The van der Waals surface area contributed by atoms with E-state index in [0.717, 1.165) is 12.1 Å². The molecule has 0 saturated carbocycles. The topological polar surface area (TPSA) is 17.3 Å². The fraction of sp³-hybridized carbons (Fsp3) is 0.0417. The lowest BCUT2D eigenvalue weighted by Crippen LogP contribution is -2.01. The molecule has 0 saturated heterocycles. The van der Waals surface area contributed by atoms with Crippen LogP contribution in [-0.2, 0) is 6.42 Å². The zero-order chi connectivity index (χ0) is 17.3. The second-order valence-electron chi connectivity index (χ2n) is 6.56. The fourth-order valence-electron chi connectivity index (χ4n) is 3.65. The number of nitrogens with zero attached hydrogens (tertiary/aromatic N) is 2. The van der Waals surface area contributed by atoms with Crippen LogP contribution in [0.25, 0.3) is 28.8 Å². The summed E-state index contributed by atoms with van der Waals surface area (Å²) in [5.74, 6) is 0. The van der Waals surface area contributed by atoms with Crippen LogP contribution >= 0.6 is 0 Å².